The molecule has 2 rings (SSSR count). The number of halogens is 1. The van der Waals surface area contributed by atoms with Crippen LogP contribution in [0.4, 0.5) is 5.82 Å². The molecule has 0 aliphatic carbocycles. The van der Waals surface area contributed by atoms with Gasteiger partial charge < -0.3 is 9.73 Å². The Bertz CT molecular complexity index is 578. The zero-order chi connectivity index (χ0) is 14.0. The molecule has 2 heterocycles. The van der Waals surface area contributed by atoms with Gasteiger partial charge in [-0.15, -0.1) is 0 Å². The predicted molar refractivity (Wildman–Crippen MR) is 85.5 cm³/mol. The highest BCUT2D eigenvalue weighted by molar-refractivity contribution is 14.1. The Hall–Kier alpha value is -1.11. The van der Waals surface area contributed by atoms with Gasteiger partial charge in [0, 0.05) is 13.5 Å². The zero-order valence-corrected chi connectivity index (χ0v) is 13.8. The third-order valence-electron chi connectivity index (χ3n) is 2.89. The van der Waals surface area contributed by atoms with Crippen LogP contribution in [-0.2, 0) is 6.42 Å². The highest BCUT2D eigenvalue weighted by Crippen LogP contribution is 2.28. The average Bonchev–Trinajstić information content (AvgIpc) is 2.87. The standard InChI is InChI=1S/C14H18IN3O/c1-5-9-6-7-10(19-9)13-17-12(8(2)3)11(15)14(16-4)18-13/h6-8H,5H2,1-4H3,(H,16,17,18). The topological polar surface area (TPSA) is 51.0 Å². The van der Waals surface area contributed by atoms with Crippen LogP contribution >= 0.6 is 22.6 Å². The molecule has 0 amide bonds. The first-order valence-corrected chi connectivity index (χ1v) is 7.49. The molecule has 0 atom stereocenters. The van der Waals surface area contributed by atoms with Gasteiger partial charge in [-0.2, -0.15) is 0 Å². The predicted octanol–water partition coefficient (Wildman–Crippen LogP) is 4.07. The first-order valence-electron chi connectivity index (χ1n) is 6.41. The van der Waals surface area contributed by atoms with Crippen molar-refractivity contribution in [1.29, 1.82) is 0 Å². The maximum Gasteiger partial charge on any atom is 0.197 e. The van der Waals surface area contributed by atoms with E-state index in [9.17, 15) is 0 Å². The lowest BCUT2D eigenvalue weighted by atomic mass is 10.1. The largest absolute Gasteiger partial charge is 0.458 e. The number of nitrogens with zero attached hydrogens (tertiary/aromatic N) is 2. The molecule has 0 unspecified atom stereocenters. The second-order valence-corrected chi connectivity index (χ2v) is 5.70. The van der Waals surface area contributed by atoms with Crippen molar-refractivity contribution < 1.29 is 4.42 Å². The Balaban J connectivity index is 2.54. The molecule has 2 aromatic heterocycles. The number of nitrogens with one attached hydrogen (secondary N) is 1. The van der Waals surface area contributed by atoms with Crippen LogP contribution in [0.15, 0.2) is 16.5 Å². The lowest BCUT2D eigenvalue weighted by molar-refractivity contribution is 0.525. The molecule has 0 bridgehead atoms. The Morgan fingerprint density at radius 1 is 1.32 bits per heavy atom. The van der Waals surface area contributed by atoms with Crippen LogP contribution in [0.2, 0.25) is 0 Å². The molecule has 0 aromatic carbocycles. The Morgan fingerprint density at radius 3 is 2.58 bits per heavy atom. The van der Waals surface area contributed by atoms with E-state index in [1.54, 1.807) is 0 Å². The normalized spacial score (nSPS) is 11.1. The van der Waals surface area contributed by atoms with Gasteiger partial charge in [-0.1, -0.05) is 20.8 Å². The van der Waals surface area contributed by atoms with Gasteiger partial charge in [0.05, 0.1) is 9.26 Å². The molecule has 5 heteroatoms. The SMILES string of the molecule is CCc1ccc(-c2nc(NC)c(I)c(C(C)C)n2)o1. The second kappa shape index (κ2) is 5.90. The van der Waals surface area contributed by atoms with Crippen molar-refractivity contribution in [3.8, 4) is 11.6 Å². The van der Waals surface area contributed by atoms with Gasteiger partial charge >= 0.3 is 0 Å². The zero-order valence-electron chi connectivity index (χ0n) is 11.6. The molecule has 102 valence electrons. The summed E-state index contributed by atoms with van der Waals surface area (Å²) in [5, 5.41) is 3.12. The summed E-state index contributed by atoms with van der Waals surface area (Å²) in [7, 11) is 1.87. The van der Waals surface area contributed by atoms with E-state index < -0.39 is 0 Å². The van der Waals surface area contributed by atoms with E-state index in [2.05, 4.69) is 58.6 Å². The van der Waals surface area contributed by atoms with Crippen LogP contribution < -0.4 is 5.32 Å². The van der Waals surface area contributed by atoms with Crippen molar-refractivity contribution in [1.82, 2.24) is 9.97 Å². The van der Waals surface area contributed by atoms with Crippen LogP contribution in [0.25, 0.3) is 11.6 Å². The Morgan fingerprint density at radius 2 is 2.05 bits per heavy atom. The minimum absolute atomic E-state index is 0.348. The molecule has 4 nitrogen and oxygen atoms in total. The number of anilines is 1. The van der Waals surface area contributed by atoms with Gasteiger partial charge in [-0.05, 0) is 40.6 Å². The Kier molecular flexibility index (Phi) is 4.44. The van der Waals surface area contributed by atoms with Gasteiger partial charge in [0.2, 0.25) is 0 Å². The number of furan rings is 1. The molecule has 0 saturated carbocycles. The molecular formula is C14H18IN3O. The third kappa shape index (κ3) is 2.91. The first kappa shape index (κ1) is 14.3. The highest BCUT2D eigenvalue weighted by Gasteiger charge is 2.16. The first-order chi connectivity index (χ1) is 9.06. The second-order valence-electron chi connectivity index (χ2n) is 4.62. The number of hydrogen-bond acceptors (Lipinski definition) is 4. The number of hydrogen-bond donors (Lipinski definition) is 1. The molecule has 0 fully saturated rings. The van der Waals surface area contributed by atoms with E-state index in [4.69, 9.17) is 4.42 Å². The van der Waals surface area contributed by atoms with Gasteiger partial charge in [0.25, 0.3) is 0 Å². The molecule has 19 heavy (non-hydrogen) atoms. The summed E-state index contributed by atoms with van der Waals surface area (Å²) in [5.41, 5.74) is 1.05. The number of aromatic nitrogens is 2. The van der Waals surface area contributed by atoms with Gasteiger partial charge in [0.1, 0.15) is 11.6 Å². The van der Waals surface area contributed by atoms with Gasteiger partial charge in [-0.3, -0.25) is 0 Å². The van der Waals surface area contributed by atoms with E-state index in [0.29, 0.717) is 11.7 Å². The molecule has 0 saturated heterocycles. The summed E-state index contributed by atoms with van der Waals surface area (Å²) in [6.07, 6.45) is 0.875. The molecule has 2 aromatic rings. The quantitative estimate of drug-likeness (QED) is 0.824. The minimum atomic E-state index is 0.348. The molecule has 0 radical (unpaired) electrons. The van der Waals surface area contributed by atoms with E-state index in [0.717, 1.165) is 33.0 Å². The lowest BCUT2D eigenvalue weighted by Gasteiger charge is -2.12. The highest BCUT2D eigenvalue weighted by atomic mass is 127. The molecule has 0 aliphatic heterocycles. The van der Waals surface area contributed by atoms with Crippen LogP contribution in [0.3, 0.4) is 0 Å². The smallest absolute Gasteiger partial charge is 0.197 e. The molecule has 0 spiro atoms. The maximum atomic E-state index is 5.74. The van der Waals surface area contributed by atoms with Crippen molar-refractivity contribution in [2.75, 3.05) is 12.4 Å². The van der Waals surface area contributed by atoms with Crippen molar-refractivity contribution in [2.45, 2.75) is 33.1 Å². The lowest BCUT2D eigenvalue weighted by Crippen LogP contribution is -2.06. The molecule has 0 aliphatic rings. The monoisotopic (exact) mass is 371 g/mol. The van der Waals surface area contributed by atoms with Crippen molar-refractivity contribution in [3.05, 3.63) is 27.2 Å². The van der Waals surface area contributed by atoms with Crippen LogP contribution in [-0.4, -0.2) is 17.0 Å². The molecule has 1 N–H and O–H groups in total. The van der Waals surface area contributed by atoms with E-state index >= 15 is 0 Å². The van der Waals surface area contributed by atoms with Crippen molar-refractivity contribution >= 4 is 28.4 Å². The fourth-order valence-corrected chi connectivity index (χ4v) is 2.94. The van der Waals surface area contributed by atoms with E-state index in [-0.39, 0.29) is 0 Å². The van der Waals surface area contributed by atoms with Gasteiger partial charge in [-0.25, -0.2) is 9.97 Å². The summed E-state index contributed by atoms with van der Waals surface area (Å²) in [6.45, 7) is 6.33. The minimum Gasteiger partial charge on any atom is -0.458 e. The summed E-state index contributed by atoms with van der Waals surface area (Å²) >= 11 is 2.29. The third-order valence-corrected chi connectivity index (χ3v) is 3.95. The summed E-state index contributed by atoms with van der Waals surface area (Å²) in [6, 6.07) is 3.91. The van der Waals surface area contributed by atoms with Crippen molar-refractivity contribution in [3.63, 3.8) is 0 Å². The number of rotatable bonds is 4. The van der Waals surface area contributed by atoms with Crippen LogP contribution in [0.1, 0.15) is 38.1 Å². The van der Waals surface area contributed by atoms with E-state index in [1.807, 2.05) is 19.2 Å². The van der Waals surface area contributed by atoms with E-state index in [1.165, 1.54) is 0 Å². The average molecular weight is 371 g/mol. The summed E-state index contributed by atoms with van der Waals surface area (Å²) < 4.78 is 6.81. The summed E-state index contributed by atoms with van der Waals surface area (Å²) in [5.74, 6) is 3.53. The Labute approximate surface area is 127 Å². The summed E-state index contributed by atoms with van der Waals surface area (Å²) in [4.78, 5) is 9.17. The van der Waals surface area contributed by atoms with Gasteiger partial charge in [0.15, 0.2) is 11.6 Å². The maximum absolute atomic E-state index is 5.74. The van der Waals surface area contributed by atoms with Crippen LogP contribution in [0.5, 0.6) is 0 Å². The van der Waals surface area contributed by atoms with Crippen LogP contribution in [0, 0.1) is 3.57 Å². The van der Waals surface area contributed by atoms with Crippen molar-refractivity contribution in [2.24, 2.45) is 0 Å². The molecular weight excluding hydrogens is 353 g/mol. The fourth-order valence-electron chi connectivity index (χ4n) is 1.81. The number of aryl methyl sites for hydroxylation is 1. The fraction of sp³-hybridized carbons (Fsp3) is 0.429.